The number of halogens is 3. The third kappa shape index (κ3) is 2.47. The maximum absolute atomic E-state index is 14.0. The predicted molar refractivity (Wildman–Crippen MR) is 68.5 cm³/mol. The smallest absolute Gasteiger partial charge is 0.134 e. The fourth-order valence-electron chi connectivity index (χ4n) is 1.67. The predicted octanol–water partition coefficient (Wildman–Crippen LogP) is 4.67. The second kappa shape index (κ2) is 5.28. The highest BCUT2D eigenvalue weighted by Gasteiger charge is 2.12. The van der Waals surface area contributed by atoms with Crippen molar-refractivity contribution in [2.45, 2.75) is 13.8 Å². The summed E-state index contributed by atoms with van der Waals surface area (Å²) in [6.45, 7) is 3.54. The zero-order valence-corrected chi connectivity index (χ0v) is 10.4. The highest BCUT2D eigenvalue weighted by molar-refractivity contribution is 5.85. The Kier molecular flexibility index (Phi) is 4.24. The first-order chi connectivity index (χ1) is 7.61. The van der Waals surface area contributed by atoms with Crippen LogP contribution in [-0.4, -0.2) is 0 Å². The van der Waals surface area contributed by atoms with Gasteiger partial charge in [0.05, 0.1) is 0 Å². The van der Waals surface area contributed by atoms with E-state index in [0.717, 1.165) is 5.56 Å². The molecule has 0 bridgehead atoms. The van der Waals surface area contributed by atoms with Crippen molar-refractivity contribution in [3.8, 4) is 11.1 Å². The zero-order chi connectivity index (χ0) is 11.7. The molecule has 17 heavy (non-hydrogen) atoms. The molecular weight excluding hydrogens is 242 g/mol. The van der Waals surface area contributed by atoms with Gasteiger partial charge in [0.1, 0.15) is 11.6 Å². The van der Waals surface area contributed by atoms with Gasteiger partial charge in [-0.05, 0) is 31.0 Å². The number of rotatable bonds is 1. The Balaban J connectivity index is 0.00000144. The maximum atomic E-state index is 14.0. The molecule has 0 spiro atoms. The highest BCUT2D eigenvalue weighted by atomic mass is 35.5. The molecule has 0 unspecified atom stereocenters. The number of benzene rings is 2. The van der Waals surface area contributed by atoms with Gasteiger partial charge < -0.3 is 0 Å². The van der Waals surface area contributed by atoms with Crippen molar-refractivity contribution in [3.63, 3.8) is 0 Å². The summed E-state index contributed by atoms with van der Waals surface area (Å²) < 4.78 is 27.5. The number of hydrogen-bond donors (Lipinski definition) is 0. The second-order valence-corrected chi connectivity index (χ2v) is 3.85. The molecule has 0 aromatic heterocycles. The SMILES string of the molecule is Cc1ccc(-c2ccccc2F)c(F)c1C.Cl. The molecule has 0 radical (unpaired) electrons. The lowest BCUT2D eigenvalue weighted by Crippen LogP contribution is -1.93. The quantitative estimate of drug-likeness (QED) is 0.694. The van der Waals surface area contributed by atoms with Crippen molar-refractivity contribution >= 4 is 12.4 Å². The van der Waals surface area contributed by atoms with Crippen LogP contribution in [-0.2, 0) is 0 Å². The highest BCUT2D eigenvalue weighted by Crippen LogP contribution is 2.28. The molecule has 0 nitrogen and oxygen atoms in total. The van der Waals surface area contributed by atoms with Gasteiger partial charge in [-0.2, -0.15) is 0 Å². The molecule has 2 rings (SSSR count). The van der Waals surface area contributed by atoms with E-state index in [1.807, 2.05) is 6.92 Å². The Morgan fingerprint density at radius 1 is 0.824 bits per heavy atom. The van der Waals surface area contributed by atoms with E-state index in [1.165, 1.54) is 6.07 Å². The lowest BCUT2D eigenvalue weighted by atomic mass is 9.99. The monoisotopic (exact) mass is 254 g/mol. The van der Waals surface area contributed by atoms with Crippen molar-refractivity contribution in [2.75, 3.05) is 0 Å². The average Bonchev–Trinajstić information content (AvgIpc) is 2.28. The molecule has 0 aliphatic heterocycles. The molecule has 2 aromatic carbocycles. The summed E-state index contributed by atoms with van der Waals surface area (Å²) in [7, 11) is 0. The van der Waals surface area contributed by atoms with Crippen molar-refractivity contribution in [1.82, 2.24) is 0 Å². The summed E-state index contributed by atoms with van der Waals surface area (Å²) in [4.78, 5) is 0. The third-order valence-corrected chi connectivity index (χ3v) is 2.82. The molecule has 0 aliphatic carbocycles. The van der Waals surface area contributed by atoms with Crippen molar-refractivity contribution in [2.24, 2.45) is 0 Å². The summed E-state index contributed by atoms with van der Waals surface area (Å²) in [5, 5.41) is 0. The minimum Gasteiger partial charge on any atom is -0.206 e. The Labute approximate surface area is 106 Å². The largest absolute Gasteiger partial charge is 0.206 e. The first-order valence-corrected chi connectivity index (χ1v) is 5.12. The molecule has 0 saturated heterocycles. The van der Waals surface area contributed by atoms with Crippen LogP contribution in [0.1, 0.15) is 11.1 Å². The Hall–Kier alpha value is -1.41. The maximum Gasteiger partial charge on any atom is 0.134 e. The second-order valence-electron chi connectivity index (χ2n) is 3.85. The molecule has 0 N–H and O–H groups in total. The summed E-state index contributed by atoms with van der Waals surface area (Å²) in [6, 6.07) is 9.65. The fourth-order valence-corrected chi connectivity index (χ4v) is 1.67. The molecule has 0 atom stereocenters. The van der Waals surface area contributed by atoms with Crippen LogP contribution in [0.5, 0.6) is 0 Å². The fraction of sp³-hybridized carbons (Fsp3) is 0.143. The van der Waals surface area contributed by atoms with Gasteiger partial charge in [0, 0.05) is 11.1 Å². The molecule has 0 fully saturated rings. The molecule has 0 aliphatic rings. The van der Waals surface area contributed by atoms with Crippen LogP contribution in [0.25, 0.3) is 11.1 Å². The van der Waals surface area contributed by atoms with Crippen LogP contribution < -0.4 is 0 Å². The number of aryl methyl sites for hydroxylation is 1. The van der Waals surface area contributed by atoms with Crippen LogP contribution in [0.3, 0.4) is 0 Å². The summed E-state index contributed by atoms with van der Waals surface area (Å²) >= 11 is 0. The van der Waals surface area contributed by atoms with Gasteiger partial charge in [0.2, 0.25) is 0 Å². The first-order valence-electron chi connectivity index (χ1n) is 5.12. The van der Waals surface area contributed by atoms with Crippen LogP contribution in [0.15, 0.2) is 36.4 Å². The van der Waals surface area contributed by atoms with Crippen LogP contribution in [0.2, 0.25) is 0 Å². The summed E-state index contributed by atoms with van der Waals surface area (Å²) in [5.74, 6) is -0.741. The van der Waals surface area contributed by atoms with Crippen LogP contribution in [0.4, 0.5) is 8.78 Å². The van der Waals surface area contributed by atoms with Crippen LogP contribution in [0, 0.1) is 25.5 Å². The van der Waals surface area contributed by atoms with E-state index in [9.17, 15) is 8.78 Å². The van der Waals surface area contributed by atoms with Crippen LogP contribution >= 0.6 is 12.4 Å². The van der Waals surface area contributed by atoms with E-state index >= 15 is 0 Å². The summed E-state index contributed by atoms with van der Waals surface area (Å²) in [5.41, 5.74) is 2.07. The van der Waals surface area contributed by atoms with E-state index in [-0.39, 0.29) is 18.2 Å². The molecule has 3 heteroatoms. The van der Waals surface area contributed by atoms with Gasteiger partial charge in [-0.1, -0.05) is 30.3 Å². The lowest BCUT2D eigenvalue weighted by Gasteiger charge is -2.09. The van der Waals surface area contributed by atoms with E-state index in [1.54, 1.807) is 37.3 Å². The molecule has 2 aromatic rings. The Bertz CT molecular complexity index is 536. The molecule has 0 heterocycles. The Morgan fingerprint density at radius 2 is 1.47 bits per heavy atom. The standard InChI is InChI=1S/C14H12F2.ClH/c1-9-7-8-12(14(16)10(9)2)11-5-3-4-6-13(11)15;/h3-8H,1-2H3;1H. The number of hydrogen-bond acceptors (Lipinski definition) is 0. The van der Waals surface area contributed by atoms with Gasteiger partial charge in [-0.25, -0.2) is 8.78 Å². The van der Waals surface area contributed by atoms with Crippen molar-refractivity contribution < 1.29 is 8.78 Å². The van der Waals surface area contributed by atoms with Gasteiger partial charge in [-0.3, -0.25) is 0 Å². The topological polar surface area (TPSA) is 0 Å². The minimum atomic E-state index is -0.398. The third-order valence-electron chi connectivity index (χ3n) is 2.82. The van der Waals surface area contributed by atoms with Crippen molar-refractivity contribution in [1.29, 1.82) is 0 Å². The minimum absolute atomic E-state index is 0. The van der Waals surface area contributed by atoms with E-state index < -0.39 is 5.82 Å². The van der Waals surface area contributed by atoms with E-state index in [0.29, 0.717) is 16.7 Å². The summed E-state index contributed by atoms with van der Waals surface area (Å²) in [6.07, 6.45) is 0. The van der Waals surface area contributed by atoms with E-state index in [4.69, 9.17) is 0 Å². The van der Waals surface area contributed by atoms with Gasteiger partial charge >= 0.3 is 0 Å². The molecule has 90 valence electrons. The molecule has 0 amide bonds. The molecular formula is C14H13ClF2. The zero-order valence-electron chi connectivity index (χ0n) is 9.63. The average molecular weight is 255 g/mol. The van der Waals surface area contributed by atoms with E-state index in [2.05, 4.69) is 0 Å². The lowest BCUT2D eigenvalue weighted by molar-refractivity contribution is 0.610. The van der Waals surface area contributed by atoms with Gasteiger partial charge in [-0.15, -0.1) is 12.4 Å². The van der Waals surface area contributed by atoms with Gasteiger partial charge in [0.15, 0.2) is 0 Å². The Morgan fingerprint density at radius 3 is 2.12 bits per heavy atom. The molecule has 0 saturated carbocycles. The van der Waals surface area contributed by atoms with Gasteiger partial charge in [0.25, 0.3) is 0 Å². The first kappa shape index (κ1) is 13.7. The normalized spacial score (nSPS) is 9.88. The van der Waals surface area contributed by atoms with Crippen molar-refractivity contribution in [3.05, 3.63) is 59.2 Å².